The van der Waals surface area contributed by atoms with E-state index >= 15 is 0 Å². The van der Waals surface area contributed by atoms with Crippen molar-refractivity contribution in [3.8, 4) is 0 Å². The number of carbonyl (C=O) groups is 1. The topological polar surface area (TPSA) is 71.8 Å². The van der Waals surface area contributed by atoms with Crippen molar-refractivity contribution in [2.75, 3.05) is 10.6 Å². The maximum absolute atomic E-state index is 13.0. The number of aromatic nitrogens is 3. The van der Waals surface area contributed by atoms with E-state index in [0.29, 0.717) is 11.6 Å². The molecule has 6 heteroatoms. The zero-order valence-corrected chi connectivity index (χ0v) is 16.7. The lowest BCUT2D eigenvalue weighted by Gasteiger charge is -2.23. The van der Waals surface area contributed by atoms with Gasteiger partial charge in [-0.25, -0.2) is 4.98 Å². The summed E-state index contributed by atoms with van der Waals surface area (Å²) in [5, 5.41) is 11.8. The summed E-state index contributed by atoms with van der Waals surface area (Å²) in [6.07, 6.45) is 6.43. The molecule has 1 fully saturated rings. The minimum atomic E-state index is -0.139. The molecule has 2 aromatic heterocycles. The Balaban J connectivity index is 1.51. The molecule has 6 nitrogen and oxygen atoms in total. The Bertz CT molecular complexity index is 1000. The second-order valence-corrected chi connectivity index (χ2v) is 7.73. The number of amides is 1. The number of hydrogen-bond donors (Lipinski definition) is 2. The van der Waals surface area contributed by atoms with Crippen LogP contribution in [0.4, 0.5) is 11.4 Å². The lowest BCUT2D eigenvalue weighted by atomic mass is 9.95. The molecule has 1 amide bonds. The molecule has 0 radical (unpaired) electrons. The van der Waals surface area contributed by atoms with E-state index < -0.39 is 0 Å². The van der Waals surface area contributed by atoms with E-state index in [-0.39, 0.29) is 5.91 Å². The van der Waals surface area contributed by atoms with Crippen molar-refractivity contribution in [1.29, 1.82) is 0 Å². The van der Waals surface area contributed by atoms with Crippen LogP contribution in [0.1, 0.15) is 53.8 Å². The van der Waals surface area contributed by atoms with E-state index in [1.807, 2.05) is 51.2 Å². The summed E-state index contributed by atoms with van der Waals surface area (Å²) in [5.74, 6) is -0.139. The number of nitrogens with zero attached hydrogens (tertiary/aromatic N) is 3. The Morgan fingerprint density at radius 2 is 1.75 bits per heavy atom. The summed E-state index contributed by atoms with van der Waals surface area (Å²) in [4.78, 5) is 17.5. The summed E-state index contributed by atoms with van der Waals surface area (Å²) < 4.78 is 1.72. The predicted molar refractivity (Wildman–Crippen MR) is 113 cm³/mol. The highest BCUT2D eigenvalue weighted by Crippen LogP contribution is 2.25. The summed E-state index contributed by atoms with van der Waals surface area (Å²) in [5.41, 5.74) is 4.83. The third-order valence-corrected chi connectivity index (χ3v) is 5.46. The number of hydrogen-bond acceptors (Lipinski definition) is 4. The standard InChI is InChI=1S/C22H27N5O/c1-14-13-19(20-15(2)26-27(3)21(20)23-14)22(28)25-18-11-9-17(10-12-18)24-16-7-5-4-6-8-16/h9-13,16,24H,4-8H2,1-3H3,(H,25,28). The zero-order valence-electron chi connectivity index (χ0n) is 16.7. The minimum absolute atomic E-state index is 0.139. The highest BCUT2D eigenvalue weighted by Gasteiger charge is 2.18. The smallest absolute Gasteiger partial charge is 0.256 e. The van der Waals surface area contributed by atoms with Crippen LogP contribution >= 0.6 is 0 Å². The van der Waals surface area contributed by atoms with Crippen LogP contribution in [0.3, 0.4) is 0 Å². The van der Waals surface area contributed by atoms with E-state index in [4.69, 9.17) is 0 Å². The van der Waals surface area contributed by atoms with Crippen molar-refractivity contribution in [2.24, 2.45) is 7.05 Å². The number of anilines is 2. The molecule has 0 aliphatic heterocycles. The highest BCUT2D eigenvalue weighted by atomic mass is 16.1. The van der Waals surface area contributed by atoms with Gasteiger partial charge in [-0.3, -0.25) is 9.48 Å². The molecule has 1 saturated carbocycles. The van der Waals surface area contributed by atoms with Gasteiger partial charge in [0.2, 0.25) is 0 Å². The van der Waals surface area contributed by atoms with Gasteiger partial charge in [-0.1, -0.05) is 19.3 Å². The first-order chi connectivity index (χ1) is 13.5. The lowest BCUT2D eigenvalue weighted by molar-refractivity contribution is 0.102. The second-order valence-electron chi connectivity index (χ2n) is 7.73. The van der Waals surface area contributed by atoms with Crippen LogP contribution in [0, 0.1) is 13.8 Å². The summed E-state index contributed by atoms with van der Waals surface area (Å²) >= 11 is 0. The van der Waals surface area contributed by atoms with Gasteiger partial charge >= 0.3 is 0 Å². The Kier molecular flexibility index (Phi) is 5.03. The molecule has 0 saturated heterocycles. The number of fused-ring (bicyclic) bond motifs is 1. The number of nitrogens with one attached hydrogen (secondary N) is 2. The number of pyridine rings is 1. The molecule has 2 N–H and O–H groups in total. The van der Waals surface area contributed by atoms with Gasteiger partial charge in [0, 0.05) is 30.2 Å². The molecule has 0 unspecified atom stereocenters. The normalized spacial score (nSPS) is 15.0. The van der Waals surface area contributed by atoms with E-state index in [9.17, 15) is 4.79 Å². The first-order valence-electron chi connectivity index (χ1n) is 10.00. The molecule has 3 aromatic rings. The fourth-order valence-electron chi connectivity index (χ4n) is 4.08. The molecular weight excluding hydrogens is 350 g/mol. The van der Waals surface area contributed by atoms with E-state index in [0.717, 1.165) is 33.8 Å². The average Bonchev–Trinajstić information content (AvgIpc) is 2.97. The van der Waals surface area contributed by atoms with Crippen LogP contribution in [-0.2, 0) is 7.05 Å². The van der Waals surface area contributed by atoms with Crippen molar-refractivity contribution in [1.82, 2.24) is 14.8 Å². The zero-order chi connectivity index (χ0) is 19.7. The molecule has 1 aliphatic carbocycles. The summed E-state index contributed by atoms with van der Waals surface area (Å²) in [6, 6.07) is 10.4. The average molecular weight is 377 g/mol. The van der Waals surface area contributed by atoms with Crippen LogP contribution in [0.2, 0.25) is 0 Å². The Labute approximate surface area is 165 Å². The fraction of sp³-hybridized carbons (Fsp3) is 0.409. The quantitative estimate of drug-likeness (QED) is 0.698. The third-order valence-electron chi connectivity index (χ3n) is 5.46. The van der Waals surface area contributed by atoms with Crippen LogP contribution in [0.15, 0.2) is 30.3 Å². The monoisotopic (exact) mass is 377 g/mol. The number of carbonyl (C=O) groups excluding carboxylic acids is 1. The fourth-order valence-corrected chi connectivity index (χ4v) is 4.08. The molecule has 2 heterocycles. The van der Waals surface area contributed by atoms with Gasteiger partial charge in [0.25, 0.3) is 5.91 Å². The maximum Gasteiger partial charge on any atom is 0.256 e. The summed E-state index contributed by atoms with van der Waals surface area (Å²) in [6.45, 7) is 3.80. The van der Waals surface area contributed by atoms with E-state index in [1.54, 1.807) is 4.68 Å². The lowest BCUT2D eigenvalue weighted by Crippen LogP contribution is -2.22. The van der Waals surface area contributed by atoms with Crippen molar-refractivity contribution < 1.29 is 4.79 Å². The highest BCUT2D eigenvalue weighted by molar-refractivity contribution is 6.12. The van der Waals surface area contributed by atoms with Gasteiger partial charge in [0.1, 0.15) is 0 Å². The van der Waals surface area contributed by atoms with Crippen LogP contribution in [-0.4, -0.2) is 26.7 Å². The van der Waals surface area contributed by atoms with Gasteiger partial charge in [0.15, 0.2) is 5.65 Å². The van der Waals surface area contributed by atoms with Gasteiger partial charge in [0.05, 0.1) is 16.6 Å². The minimum Gasteiger partial charge on any atom is -0.382 e. The van der Waals surface area contributed by atoms with Crippen LogP contribution in [0.25, 0.3) is 11.0 Å². The van der Waals surface area contributed by atoms with E-state index in [2.05, 4.69) is 20.7 Å². The van der Waals surface area contributed by atoms with Crippen LogP contribution in [0.5, 0.6) is 0 Å². The maximum atomic E-state index is 13.0. The molecule has 4 rings (SSSR count). The van der Waals surface area contributed by atoms with Crippen molar-refractivity contribution >= 4 is 28.3 Å². The van der Waals surface area contributed by atoms with Crippen molar-refractivity contribution in [3.63, 3.8) is 0 Å². The first kappa shape index (κ1) is 18.5. The summed E-state index contributed by atoms with van der Waals surface area (Å²) in [7, 11) is 1.85. The van der Waals surface area contributed by atoms with Gasteiger partial charge in [-0.15, -0.1) is 0 Å². The number of aryl methyl sites for hydroxylation is 3. The predicted octanol–water partition coefficient (Wildman–Crippen LogP) is 4.58. The Morgan fingerprint density at radius 1 is 1.07 bits per heavy atom. The third kappa shape index (κ3) is 3.72. The largest absolute Gasteiger partial charge is 0.382 e. The second kappa shape index (κ2) is 7.62. The number of rotatable bonds is 4. The van der Waals surface area contributed by atoms with Crippen molar-refractivity contribution in [2.45, 2.75) is 52.0 Å². The molecule has 146 valence electrons. The molecule has 1 aliphatic rings. The molecule has 0 atom stereocenters. The van der Waals surface area contributed by atoms with Gasteiger partial charge in [-0.2, -0.15) is 5.10 Å². The van der Waals surface area contributed by atoms with Crippen molar-refractivity contribution in [3.05, 3.63) is 47.3 Å². The SMILES string of the molecule is Cc1cc(C(=O)Nc2ccc(NC3CCCCC3)cc2)c2c(C)nn(C)c2n1. The molecule has 28 heavy (non-hydrogen) atoms. The Morgan fingerprint density at radius 3 is 2.46 bits per heavy atom. The number of benzene rings is 1. The molecule has 1 aromatic carbocycles. The molecular formula is C22H27N5O. The van der Waals surface area contributed by atoms with Crippen LogP contribution < -0.4 is 10.6 Å². The van der Waals surface area contributed by atoms with E-state index in [1.165, 1.54) is 32.1 Å². The van der Waals surface area contributed by atoms with Gasteiger partial charge in [-0.05, 0) is 57.0 Å². The van der Waals surface area contributed by atoms with Gasteiger partial charge < -0.3 is 10.6 Å². The molecule has 0 spiro atoms. The first-order valence-corrected chi connectivity index (χ1v) is 10.00. The Hall–Kier alpha value is -2.89. The molecule has 0 bridgehead atoms.